The molecule has 0 spiro atoms. The largest absolute Gasteiger partial charge is 0.465 e. The van der Waals surface area contributed by atoms with Crippen LogP contribution in [0.15, 0.2) is 96.6 Å². The van der Waals surface area contributed by atoms with E-state index in [1.165, 1.54) is 13.2 Å². The molecule has 0 atom stereocenters. The van der Waals surface area contributed by atoms with Gasteiger partial charge in [0.1, 0.15) is 0 Å². The summed E-state index contributed by atoms with van der Waals surface area (Å²) >= 11 is 0. The van der Waals surface area contributed by atoms with Crippen molar-refractivity contribution < 1.29 is 19.1 Å². The molecule has 3 aromatic rings. The summed E-state index contributed by atoms with van der Waals surface area (Å²) in [4.78, 5) is 36.7. The Kier molecular flexibility index (Phi) is 7.54. The maximum absolute atomic E-state index is 12.7. The molecule has 6 heteroatoms. The van der Waals surface area contributed by atoms with Crippen molar-refractivity contribution in [1.82, 2.24) is 5.32 Å². The van der Waals surface area contributed by atoms with Crippen LogP contribution >= 0.6 is 0 Å². The van der Waals surface area contributed by atoms with Gasteiger partial charge in [-0.25, -0.2) is 4.79 Å². The minimum Gasteiger partial charge on any atom is -0.465 e. The zero-order valence-corrected chi connectivity index (χ0v) is 17.9. The molecule has 2 N–H and O–H groups in total. The highest BCUT2D eigenvalue weighted by Gasteiger charge is 2.16. The molecule has 0 aliphatic heterocycles. The van der Waals surface area contributed by atoms with Crippen LogP contribution in [0.5, 0.6) is 0 Å². The van der Waals surface area contributed by atoms with E-state index < -0.39 is 11.9 Å². The molecule has 0 radical (unpaired) electrons. The minimum atomic E-state index is -0.456. The quantitative estimate of drug-likeness (QED) is 0.435. The maximum Gasteiger partial charge on any atom is 0.337 e. The molecule has 3 aromatic carbocycles. The number of benzene rings is 3. The summed E-state index contributed by atoms with van der Waals surface area (Å²) < 4.78 is 4.65. The Labute approximate surface area is 186 Å². The van der Waals surface area contributed by atoms with Crippen molar-refractivity contribution in [3.8, 4) is 0 Å². The first kappa shape index (κ1) is 22.5. The number of nitrogens with one attached hydrogen (secondary N) is 2. The van der Waals surface area contributed by atoms with Gasteiger partial charge in [0.25, 0.3) is 5.91 Å². The van der Waals surface area contributed by atoms with Crippen LogP contribution in [0.2, 0.25) is 0 Å². The summed E-state index contributed by atoms with van der Waals surface area (Å²) in [5.41, 5.74) is 3.01. The number of esters is 1. The zero-order chi connectivity index (χ0) is 22.9. The molecule has 0 heterocycles. The third-order valence-corrected chi connectivity index (χ3v) is 4.82. The van der Waals surface area contributed by atoms with Gasteiger partial charge in [-0.3, -0.25) is 9.59 Å². The molecular formula is C26H24N2O4. The van der Waals surface area contributed by atoms with Crippen LogP contribution in [-0.2, 0) is 14.3 Å². The van der Waals surface area contributed by atoms with Crippen LogP contribution in [0, 0.1) is 0 Å². The number of hydrogen-bond acceptors (Lipinski definition) is 4. The average Bonchev–Trinajstić information content (AvgIpc) is 2.83. The molecule has 0 aliphatic rings. The number of hydrogen-bond donors (Lipinski definition) is 2. The average molecular weight is 428 g/mol. The molecule has 0 bridgehead atoms. The third kappa shape index (κ3) is 5.92. The number of carbonyl (C=O) groups excluding carboxylic acids is 3. The van der Waals surface area contributed by atoms with Crippen molar-refractivity contribution in [2.24, 2.45) is 0 Å². The van der Waals surface area contributed by atoms with E-state index in [1.54, 1.807) is 31.2 Å². The summed E-state index contributed by atoms with van der Waals surface area (Å²) in [6.07, 6.45) is 1.27. The molecule has 3 rings (SSSR count). The van der Waals surface area contributed by atoms with Gasteiger partial charge in [0.05, 0.1) is 18.7 Å². The van der Waals surface area contributed by atoms with Crippen molar-refractivity contribution in [3.63, 3.8) is 0 Å². The van der Waals surface area contributed by atoms with Gasteiger partial charge >= 0.3 is 5.97 Å². The van der Waals surface area contributed by atoms with E-state index in [0.29, 0.717) is 11.3 Å². The van der Waals surface area contributed by atoms with Gasteiger partial charge in [0, 0.05) is 17.3 Å². The Hall–Kier alpha value is -4.19. The monoisotopic (exact) mass is 428 g/mol. The molecule has 0 aliphatic carbocycles. The standard InChI is InChI=1S/C26H24N2O4/c1-18(25(30)27-22-15-13-21(14-16-22)26(31)32-2)17-23(29)28-24(19-9-5-3-6-10-19)20-11-7-4-8-12-20/h3-17,24H,1-2H3,(H,27,30)(H,28,29)/b18-17+. The van der Waals surface area contributed by atoms with Crippen LogP contribution in [0.4, 0.5) is 5.69 Å². The van der Waals surface area contributed by atoms with Gasteiger partial charge in [-0.05, 0) is 42.3 Å². The fourth-order valence-electron chi connectivity index (χ4n) is 3.13. The molecule has 0 aromatic heterocycles. The van der Waals surface area contributed by atoms with E-state index in [9.17, 15) is 14.4 Å². The van der Waals surface area contributed by atoms with E-state index in [-0.39, 0.29) is 17.5 Å². The van der Waals surface area contributed by atoms with Crippen LogP contribution in [0.25, 0.3) is 0 Å². The lowest BCUT2D eigenvalue weighted by Gasteiger charge is -2.19. The van der Waals surface area contributed by atoms with Gasteiger partial charge in [-0.15, -0.1) is 0 Å². The third-order valence-electron chi connectivity index (χ3n) is 4.82. The molecule has 0 fully saturated rings. The van der Waals surface area contributed by atoms with Crippen LogP contribution < -0.4 is 10.6 Å². The van der Waals surface area contributed by atoms with Crippen LogP contribution in [0.1, 0.15) is 34.5 Å². The summed E-state index contributed by atoms with van der Waals surface area (Å²) in [6, 6.07) is 25.2. The van der Waals surface area contributed by atoms with Gasteiger partial charge in [0.2, 0.25) is 5.91 Å². The highest BCUT2D eigenvalue weighted by molar-refractivity contribution is 6.07. The second-order valence-corrected chi connectivity index (χ2v) is 7.11. The fraction of sp³-hybridized carbons (Fsp3) is 0.115. The molecule has 2 amide bonds. The lowest BCUT2D eigenvalue weighted by atomic mass is 9.98. The Morgan fingerprint density at radius 1 is 0.812 bits per heavy atom. The predicted octanol–water partition coefficient (Wildman–Crippen LogP) is 4.26. The Balaban J connectivity index is 1.70. The highest BCUT2D eigenvalue weighted by atomic mass is 16.5. The van der Waals surface area contributed by atoms with E-state index in [0.717, 1.165) is 11.1 Å². The van der Waals surface area contributed by atoms with Gasteiger partial charge in [-0.1, -0.05) is 60.7 Å². The number of rotatable bonds is 7. The van der Waals surface area contributed by atoms with E-state index >= 15 is 0 Å². The SMILES string of the molecule is COC(=O)c1ccc(NC(=O)/C(C)=C/C(=O)NC(c2ccccc2)c2ccccc2)cc1. The second kappa shape index (κ2) is 10.7. The van der Waals surface area contributed by atoms with E-state index in [1.807, 2.05) is 60.7 Å². The summed E-state index contributed by atoms with van der Waals surface area (Å²) in [5, 5.41) is 5.69. The Morgan fingerprint density at radius 3 is 1.84 bits per heavy atom. The minimum absolute atomic E-state index is 0.249. The number of ether oxygens (including phenoxy) is 1. The number of methoxy groups -OCH3 is 1. The van der Waals surface area contributed by atoms with Gasteiger partial charge in [-0.2, -0.15) is 0 Å². The van der Waals surface area contributed by atoms with Gasteiger partial charge in [0.15, 0.2) is 0 Å². The van der Waals surface area contributed by atoms with Crippen LogP contribution in [-0.4, -0.2) is 24.9 Å². The molecule has 32 heavy (non-hydrogen) atoms. The van der Waals surface area contributed by atoms with E-state index in [4.69, 9.17) is 0 Å². The smallest absolute Gasteiger partial charge is 0.337 e. The van der Waals surface area contributed by atoms with E-state index in [2.05, 4.69) is 15.4 Å². The van der Waals surface area contributed by atoms with Crippen molar-refractivity contribution in [2.75, 3.05) is 12.4 Å². The predicted molar refractivity (Wildman–Crippen MR) is 123 cm³/mol. The van der Waals surface area contributed by atoms with Crippen molar-refractivity contribution in [3.05, 3.63) is 113 Å². The Bertz CT molecular complexity index is 1070. The van der Waals surface area contributed by atoms with Crippen LogP contribution in [0.3, 0.4) is 0 Å². The van der Waals surface area contributed by atoms with Crippen molar-refractivity contribution in [1.29, 1.82) is 0 Å². The topological polar surface area (TPSA) is 84.5 Å². The molecule has 162 valence electrons. The summed E-state index contributed by atoms with van der Waals surface area (Å²) in [6.45, 7) is 1.57. The van der Waals surface area contributed by atoms with Gasteiger partial charge < -0.3 is 15.4 Å². The normalized spacial score (nSPS) is 11.0. The molecule has 0 saturated heterocycles. The summed E-state index contributed by atoms with van der Waals surface area (Å²) in [7, 11) is 1.30. The molecule has 0 saturated carbocycles. The lowest BCUT2D eigenvalue weighted by Crippen LogP contribution is -2.28. The first-order chi connectivity index (χ1) is 15.5. The van der Waals surface area contributed by atoms with Crippen molar-refractivity contribution >= 4 is 23.5 Å². The molecule has 6 nitrogen and oxygen atoms in total. The molecular weight excluding hydrogens is 404 g/mol. The van der Waals surface area contributed by atoms with Crippen molar-refractivity contribution in [2.45, 2.75) is 13.0 Å². The first-order valence-electron chi connectivity index (χ1n) is 10.1. The molecule has 0 unspecified atom stereocenters. The fourth-order valence-corrected chi connectivity index (χ4v) is 3.13. The summed E-state index contributed by atoms with van der Waals surface area (Å²) in [5.74, 6) is -1.25. The Morgan fingerprint density at radius 2 is 1.34 bits per heavy atom. The number of carbonyl (C=O) groups is 3. The number of anilines is 1. The maximum atomic E-state index is 12.7. The zero-order valence-electron chi connectivity index (χ0n) is 17.9. The highest BCUT2D eigenvalue weighted by Crippen LogP contribution is 2.22. The number of amides is 2. The first-order valence-corrected chi connectivity index (χ1v) is 10.1. The second-order valence-electron chi connectivity index (χ2n) is 7.11. The lowest BCUT2D eigenvalue weighted by molar-refractivity contribution is -0.118.